The third-order valence-electron chi connectivity index (χ3n) is 6.76. The van der Waals surface area contributed by atoms with Crippen LogP contribution in [-0.2, 0) is 19.2 Å². The van der Waals surface area contributed by atoms with Crippen LogP contribution in [0.5, 0.6) is 0 Å². The van der Waals surface area contributed by atoms with E-state index in [1.165, 1.54) is 27.7 Å². The van der Waals surface area contributed by atoms with Crippen molar-refractivity contribution in [1.29, 1.82) is 0 Å². The van der Waals surface area contributed by atoms with Gasteiger partial charge in [0.25, 0.3) is 0 Å². The summed E-state index contributed by atoms with van der Waals surface area (Å²) in [5, 5.41) is 40.0. The normalized spacial score (nSPS) is 24.0. The van der Waals surface area contributed by atoms with Gasteiger partial charge in [-0.1, -0.05) is 47.5 Å². The maximum atomic E-state index is 12.3. The van der Waals surface area contributed by atoms with E-state index in [2.05, 4.69) is 0 Å². The zero-order chi connectivity index (χ0) is 22.0. The first kappa shape index (κ1) is 23.9. The highest BCUT2D eigenvalue weighted by Gasteiger charge is 2.65. The predicted octanol–water partition coefficient (Wildman–Crippen LogP) is 3.05. The summed E-state index contributed by atoms with van der Waals surface area (Å²) in [5.41, 5.74) is -4.53. The van der Waals surface area contributed by atoms with Gasteiger partial charge < -0.3 is 20.4 Å². The van der Waals surface area contributed by atoms with Gasteiger partial charge >= 0.3 is 23.9 Å². The van der Waals surface area contributed by atoms with Gasteiger partial charge in [0.15, 0.2) is 10.8 Å². The summed E-state index contributed by atoms with van der Waals surface area (Å²) < 4.78 is 0. The molecule has 160 valence electrons. The van der Waals surface area contributed by atoms with Gasteiger partial charge in [0.1, 0.15) is 0 Å². The van der Waals surface area contributed by atoms with E-state index in [-0.39, 0.29) is 18.8 Å². The predicted molar refractivity (Wildman–Crippen MR) is 99.7 cm³/mol. The maximum Gasteiger partial charge on any atom is 0.321 e. The van der Waals surface area contributed by atoms with Crippen molar-refractivity contribution in [2.24, 2.45) is 40.4 Å². The van der Waals surface area contributed by atoms with E-state index in [9.17, 15) is 39.6 Å². The molecule has 0 radical (unpaired) electrons. The SMILES string of the molecule is CC1CCCC(C(C(=O)O)(C(=O)O)C(C)C)C(C(C(=O)O)(C(=O)O)C(C)C)C1. The van der Waals surface area contributed by atoms with Crippen molar-refractivity contribution in [3.05, 3.63) is 0 Å². The van der Waals surface area contributed by atoms with E-state index in [4.69, 9.17) is 0 Å². The monoisotopic (exact) mass is 400 g/mol. The molecule has 0 aromatic rings. The van der Waals surface area contributed by atoms with Crippen LogP contribution in [0, 0.1) is 40.4 Å². The summed E-state index contributed by atoms with van der Waals surface area (Å²) >= 11 is 0. The van der Waals surface area contributed by atoms with Crippen molar-refractivity contribution in [3.63, 3.8) is 0 Å². The van der Waals surface area contributed by atoms with Gasteiger partial charge in [-0.3, -0.25) is 19.2 Å². The molecule has 28 heavy (non-hydrogen) atoms. The fourth-order valence-corrected chi connectivity index (χ4v) is 5.31. The number of carboxylic acid groups (broad SMARTS) is 4. The number of hydrogen-bond donors (Lipinski definition) is 4. The molecule has 1 fully saturated rings. The second-order valence-electron chi connectivity index (χ2n) is 8.75. The Morgan fingerprint density at radius 3 is 1.39 bits per heavy atom. The van der Waals surface area contributed by atoms with Crippen LogP contribution in [0.15, 0.2) is 0 Å². The maximum absolute atomic E-state index is 12.3. The summed E-state index contributed by atoms with van der Waals surface area (Å²) in [4.78, 5) is 49.3. The molecule has 3 unspecified atom stereocenters. The molecule has 0 aromatic carbocycles. The van der Waals surface area contributed by atoms with Crippen LogP contribution in [0.25, 0.3) is 0 Å². The van der Waals surface area contributed by atoms with Gasteiger partial charge in [0, 0.05) is 0 Å². The van der Waals surface area contributed by atoms with E-state index in [1.807, 2.05) is 6.92 Å². The van der Waals surface area contributed by atoms with E-state index in [0.717, 1.165) is 0 Å². The quantitative estimate of drug-likeness (QED) is 0.359. The van der Waals surface area contributed by atoms with Crippen LogP contribution in [-0.4, -0.2) is 44.3 Å². The topological polar surface area (TPSA) is 149 Å². The van der Waals surface area contributed by atoms with Gasteiger partial charge in [-0.15, -0.1) is 0 Å². The zero-order valence-electron chi connectivity index (χ0n) is 17.1. The molecule has 1 aliphatic carbocycles. The van der Waals surface area contributed by atoms with E-state index in [0.29, 0.717) is 12.8 Å². The molecular weight excluding hydrogens is 368 g/mol. The molecule has 0 aliphatic heterocycles. The fraction of sp³-hybridized carbons (Fsp3) is 0.800. The molecule has 3 atom stereocenters. The van der Waals surface area contributed by atoms with Crippen LogP contribution >= 0.6 is 0 Å². The molecule has 1 aliphatic rings. The average molecular weight is 400 g/mol. The van der Waals surface area contributed by atoms with E-state index < -0.39 is 58.4 Å². The standard InChI is InChI=1S/C20H32O8/c1-10(2)19(15(21)22,16(23)24)13-8-6-7-12(5)9-14(13)20(11(3)4,17(25)26)18(27)28/h10-14H,6-9H2,1-5H3,(H,21,22)(H,23,24)(H,25,26)(H,27,28). The molecule has 0 heterocycles. The lowest BCUT2D eigenvalue weighted by Crippen LogP contribution is -2.59. The Labute approximate surface area is 164 Å². The Balaban J connectivity index is 3.91. The first-order valence-electron chi connectivity index (χ1n) is 9.72. The lowest BCUT2D eigenvalue weighted by Gasteiger charge is -2.47. The number of hydrogen-bond acceptors (Lipinski definition) is 4. The van der Waals surface area contributed by atoms with Gasteiger partial charge in [-0.2, -0.15) is 0 Å². The summed E-state index contributed by atoms with van der Waals surface area (Å²) in [7, 11) is 0. The van der Waals surface area contributed by atoms with Gasteiger partial charge in [-0.25, -0.2) is 0 Å². The molecule has 0 aromatic heterocycles. The molecule has 0 amide bonds. The van der Waals surface area contributed by atoms with Gasteiger partial charge in [0.2, 0.25) is 0 Å². The molecule has 4 N–H and O–H groups in total. The first-order chi connectivity index (χ1) is 12.8. The van der Waals surface area contributed by atoms with Crippen LogP contribution in [0.4, 0.5) is 0 Å². The Bertz CT molecular complexity index is 608. The van der Waals surface area contributed by atoms with Gasteiger partial charge in [0.05, 0.1) is 0 Å². The number of aliphatic carboxylic acids is 4. The third kappa shape index (κ3) is 3.49. The van der Waals surface area contributed by atoms with Crippen molar-refractivity contribution >= 4 is 23.9 Å². The van der Waals surface area contributed by atoms with Crippen LogP contribution in [0.2, 0.25) is 0 Å². The summed E-state index contributed by atoms with van der Waals surface area (Å²) in [6, 6.07) is 0. The highest BCUT2D eigenvalue weighted by atomic mass is 16.4. The minimum absolute atomic E-state index is 0.0423. The van der Waals surface area contributed by atoms with Crippen molar-refractivity contribution in [2.45, 2.75) is 60.3 Å². The van der Waals surface area contributed by atoms with Crippen LogP contribution in [0.1, 0.15) is 60.3 Å². The van der Waals surface area contributed by atoms with Crippen molar-refractivity contribution in [3.8, 4) is 0 Å². The highest BCUT2D eigenvalue weighted by molar-refractivity contribution is 6.01. The van der Waals surface area contributed by atoms with E-state index >= 15 is 0 Å². The molecule has 1 rings (SSSR count). The summed E-state index contributed by atoms with van der Waals surface area (Å²) in [6.07, 6.45) is 1.48. The summed E-state index contributed by atoms with van der Waals surface area (Å²) in [6.45, 7) is 7.78. The van der Waals surface area contributed by atoms with Crippen molar-refractivity contribution < 1.29 is 39.6 Å². The van der Waals surface area contributed by atoms with Crippen LogP contribution < -0.4 is 0 Å². The Morgan fingerprint density at radius 1 is 0.714 bits per heavy atom. The minimum atomic E-state index is -2.27. The second kappa shape index (κ2) is 8.49. The molecule has 8 nitrogen and oxygen atoms in total. The number of carbonyl (C=O) groups is 4. The third-order valence-corrected chi connectivity index (χ3v) is 6.76. The lowest BCUT2D eigenvalue weighted by atomic mass is 9.53. The smallest absolute Gasteiger partial charge is 0.321 e. The summed E-state index contributed by atoms with van der Waals surface area (Å²) in [5.74, 6) is -10.2. The second-order valence-corrected chi connectivity index (χ2v) is 8.75. The molecular formula is C20H32O8. The Hall–Kier alpha value is -2.12. The molecule has 0 spiro atoms. The Morgan fingerprint density at radius 2 is 1.07 bits per heavy atom. The molecule has 0 bridgehead atoms. The average Bonchev–Trinajstić information content (AvgIpc) is 2.69. The molecule has 0 saturated heterocycles. The first-order valence-corrected chi connectivity index (χ1v) is 9.72. The van der Waals surface area contributed by atoms with Crippen molar-refractivity contribution in [1.82, 2.24) is 0 Å². The number of rotatable bonds is 8. The largest absolute Gasteiger partial charge is 0.480 e. The zero-order valence-corrected chi connectivity index (χ0v) is 17.1. The highest BCUT2D eigenvalue weighted by Crippen LogP contribution is 2.55. The molecule has 1 saturated carbocycles. The van der Waals surface area contributed by atoms with E-state index in [1.54, 1.807) is 0 Å². The molecule has 8 heteroatoms. The minimum Gasteiger partial charge on any atom is -0.480 e. The Kier molecular flexibility index (Phi) is 7.25. The number of carboxylic acids is 4. The lowest BCUT2D eigenvalue weighted by molar-refractivity contribution is -0.191. The van der Waals surface area contributed by atoms with Gasteiger partial charge in [-0.05, 0) is 42.4 Å². The van der Waals surface area contributed by atoms with Crippen LogP contribution in [0.3, 0.4) is 0 Å². The fourth-order valence-electron chi connectivity index (χ4n) is 5.31. The van der Waals surface area contributed by atoms with Crippen molar-refractivity contribution in [2.75, 3.05) is 0 Å².